The van der Waals surface area contributed by atoms with Crippen molar-refractivity contribution in [3.05, 3.63) is 36.2 Å². The summed E-state index contributed by atoms with van der Waals surface area (Å²) in [4.78, 5) is 15.2. The largest absolute Gasteiger partial charge is 0.367 e. The molecule has 1 aromatic carbocycles. The molecule has 1 amide bonds. The number of halogens is 2. The molecule has 0 aliphatic rings. The van der Waals surface area contributed by atoms with Gasteiger partial charge in [0, 0.05) is 11.8 Å². The zero-order chi connectivity index (χ0) is 13.1. The van der Waals surface area contributed by atoms with Crippen LogP contribution in [-0.2, 0) is 11.3 Å². The average molecular weight is 253 g/mol. The van der Waals surface area contributed by atoms with Crippen LogP contribution in [0, 0.1) is 11.6 Å². The lowest BCUT2D eigenvalue weighted by atomic mass is 10.3. The molecule has 0 aliphatic heterocycles. The first kappa shape index (κ1) is 12.0. The third-order valence-corrected chi connectivity index (χ3v) is 2.01. The van der Waals surface area contributed by atoms with Crippen molar-refractivity contribution in [2.45, 2.75) is 6.54 Å². The van der Waals surface area contributed by atoms with Gasteiger partial charge >= 0.3 is 0 Å². The van der Waals surface area contributed by atoms with Crippen molar-refractivity contribution in [1.82, 2.24) is 14.8 Å². The number of benzene rings is 1. The highest BCUT2D eigenvalue weighted by atomic mass is 19.1. The van der Waals surface area contributed by atoms with Gasteiger partial charge < -0.3 is 11.1 Å². The Morgan fingerprint density at radius 1 is 1.33 bits per heavy atom. The molecule has 0 spiro atoms. The smallest absolute Gasteiger partial charge is 0.246 e. The number of carbonyl (C=O) groups is 1. The molecule has 1 heterocycles. The lowest BCUT2D eigenvalue weighted by Gasteiger charge is -2.05. The van der Waals surface area contributed by atoms with Gasteiger partial charge in [-0.3, -0.25) is 4.79 Å². The molecule has 2 aromatic rings. The Balaban J connectivity index is 2.02. The van der Waals surface area contributed by atoms with E-state index in [1.54, 1.807) is 0 Å². The molecule has 0 bridgehead atoms. The molecule has 0 radical (unpaired) electrons. The first-order valence-electron chi connectivity index (χ1n) is 4.94. The van der Waals surface area contributed by atoms with E-state index in [0.29, 0.717) is 6.07 Å². The molecule has 6 nitrogen and oxygen atoms in total. The second kappa shape index (κ2) is 4.78. The molecule has 3 N–H and O–H groups in total. The first-order valence-corrected chi connectivity index (χ1v) is 4.94. The Hall–Kier alpha value is -2.51. The van der Waals surface area contributed by atoms with Gasteiger partial charge in [0.2, 0.25) is 11.9 Å². The van der Waals surface area contributed by atoms with Crippen molar-refractivity contribution in [2.24, 2.45) is 0 Å². The van der Waals surface area contributed by atoms with E-state index in [-0.39, 0.29) is 18.2 Å². The second-order valence-corrected chi connectivity index (χ2v) is 3.51. The maximum atomic E-state index is 12.9. The summed E-state index contributed by atoms with van der Waals surface area (Å²) in [5.41, 5.74) is 5.31. The van der Waals surface area contributed by atoms with Crippen LogP contribution in [0.4, 0.5) is 20.4 Å². The van der Waals surface area contributed by atoms with Crippen molar-refractivity contribution >= 4 is 17.5 Å². The van der Waals surface area contributed by atoms with Crippen molar-refractivity contribution in [3.63, 3.8) is 0 Å². The third-order valence-electron chi connectivity index (χ3n) is 2.01. The summed E-state index contributed by atoms with van der Waals surface area (Å²) < 4.78 is 27.0. The summed E-state index contributed by atoms with van der Waals surface area (Å²) in [5.74, 6) is -1.99. The van der Waals surface area contributed by atoms with Crippen LogP contribution in [0.1, 0.15) is 0 Å². The maximum Gasteiger partial charge on any atom is 0.246 e. The van der Waals surface area contributed by atoms with E-state index in [9.17, 15) is 13.6 Å². The van der Waals surface area contributed by atoms with Gasteiger partial charge in [-0.25, -0.2) is 18.4 Å². The predicted octanol–water partition coefficient (Wildman–Crippen LogP) is 0.777. The minimum atomic E-state index is -0.768. The summed E-state index contributed by atoms with van der Waals surface area (Å²) in [6.07, 6.45) is 1.28. The molecule has 8 heteroatoms. The highest BCUT2D eigenvalue weighted by molar-refractivity contribution is 5.90. The lowest BCUT2D eigenvalue weighted by Crippen LogP contribution is -2.19. The number of nitrogens with one attached hydrogen (secondary N) is 1. The molecule has 0 atom stereocenters. The van der Waals surface area contributed by atoms with Crippen LogP contribution in [0.3, 0.4) is 0 Å². The maximum absolute atomic E-state index is 12.9. The van der Waals surface area contributed by atoms with Gasteiger partial charge in [-0.05, 0) is 12.1 Å². The standard InChI is InChI=1S/C10H9F2N5O/c11-6-1-7(12)3-8(2-6)15-9(18)4-17-5-14-10(13)16-17/h1-3,5H,4H2,(H2,13,16)(H,15,18). The summed E-state index contributed by atoms with van der Waals surface area (Å²) >= 11 is 0. The van der Waals surface area contributed by atoms with E-state index >= 15 is 0 Å². The Bertz CT molecular complexity index is 563. The molecule has 2 rings (SSSR count). The normalized spacial score (nSPS) is 10.3. The monoisotopic (exact) mass is 253 g/mol. The summed E-state index contributed by atoms with van der Waals surface area (Å²) in [6.45, 7) is -0.150. The van der Waals surface area contributed by atoms with Gasteiger partial charge in [0.15, 0.2) is 0 Å². The molecule has 0 saturated carbocycles. The van der Waals surface area contributed by atoms with Crippen molar-refractivity contribution in [1.29, 1.82) is 0 Å². The predicted molar refractivity (Wildman–Crippen MR) is 59.4 cm³/mol. The second-order valence-electron chi connectivity index (χ2n) is 3.51. The molecule has 0 saturated heterocycles. The number of amides is 1. The molecular weight excluding hydrogens is 244 g/mol. The van der Waals surface area contributed by atoms with E-state index in [0.717, 1.165) is 12.1 Å². The number of nitrogens with two attached hydrogens (primary N) is 1. The van der Waals surface area contributed by atoms with Crippen LogP contribution in [0.2, 0.25) is 0 Å². The first-order chi connectivity index (χ1) is 8.52. The highest BCUT2D eigenvalue weighted by Gasteiger charge is 2.07. The van der Waals surface area contributed by atoms with Gasteiger partial charge in [-0.15, -0.1) is 5.10 Å². The molecule has 94 valence electrons. The minimum absolute atomic E-state index is 0.0330. The van der Waals surface area contributed by atoms with Crippen LogP contribution in [-0.4, -0.2) is 20.7 Å². The van der Waals surface area contributed by atoms with E-state index in [1.807, 2.05) is 0 Å². The zero-order valence-electron chi connectivity index (χ0n) is 9.10. The fraction of sp³-hybridized carbons (Fsp3) is 0.100. The Labute approximate surface area is 100 Å². The average Bonchev–Trinajstić information content (AvgIpc) is 2.61. The van der Waals surface area contributed by atoms with Gasteiger partial charge in [0.1, 0.15) is 24.5 Å². The van der Waals surface area contributed by atoms with E-state index < -0.39 is 17.5 Å². The molecule has 1 aromatic heterocycles. The molecule has 18 heavy (non-hydrogen) atoms. The van der Waals surface area contributed by atoms with E-state index in [4.69, 9.17) is 5.73 Å². The lowest BCUT2D eigenvalue weighted by molar-refractivity contribution is -0.116. The van der Waals surface area contributed by atoms with Crippen LogP contribution in [0.25, 0.3) is 0 Å². The number of carbonyl (C=O) groups excluding carboxylic acids is 1. The van der Waals surface area contributed by atoms with Crippen molar-refractivity contribution < 1.29 is 13.6 Å². The van der Waals surface area contributed by atoms with Crippen LogP contribution in [0.5, 0.6) is 0 Å². The van der Waals surface area contributed by atoms with E-state index in [2.05, 4.69) is 15.4 Å². The van der Waals surface area contributed by atoms with Crippen LogP contribution >= 0.6 is 0 Å². The molecule has 0 unspecified atom stereocenters. The van der Waals surface area contributed by atoms with Crippen molar-refractivity contribution in [3.8, 4) is 0 Å². The van der Waals surface area contributed by atoms with Gasteiger partial charge in [0.25, 0.3) is 0 Å². The van der Waals surface area contributed by atoms with E-state index in [1.165, 1.54) is 11.0 Å². The number of hydrogen-bond acceptors (Lipinski definition) is 4. The number of anilines is 2. The molecule has 0 fully saturated rings. The fourth-order valence-electron chi connectivity index (χ4n) is 1.36. The number of nitrogens with zero attached hydrogens (tertiary/aromatic N) is 3. The molecule has 0 aliphatic carbocycles. The quantitative estimate of drug-likeness (QED) is 0.846. The van der Waals surface area contributed by atoms with Gasteiger partial charge in [-0.1, -0.05) is 0 Å². The minimum Gasteiger partial charge on any atom is -0.367 e. The van der Waals surface area contributed by atoms with Gasteiger partial charge in [-0.2, -0.15) is 0 Å². The zero-order valence-corrected chi connectivity index (χ0v) is 9.10. The molecular formula is C10H9F2N5O. The summed E-state index contributed by atoms with van der Waals surface area (Å²) in [5, 5.41) is 6.03. The third kappa shape index (κ3) is 3.00. The number of nitrogen functional groups attached to an aromatic ring is 1. The fourth-order valence-corrected chi connectivity index (χ4v) is 1.36. The SMILES string of the molecule is Nc1ncn(CC(=O)Nc2cc(F)cc(F)c2)n1. The van der Waals surface area contributed by atoms with Gasteiger partial charge in [0.05, 0.1) is 0 Å². The number of aromatic nitrogens is 3. The highest BCUT2D eigenvalue weighted by Crippen LogP contribution is 2.12. The topological polar surface area (TPSA) is 85.8 Å². The van der Waals surface area contributed by atoms with Crippen LogP contribution in [0.15, 0.2) is 24.5 Å². The Morgan fingerprint density at radius 3 is 2.56 bits per heavy atom. The number of hydrogen-bond donors (Lipinski definition) is 2. The summed E-state index contributed by atoms with van der Waals surface area (Å²) in [6, 6.07) is 2.74. The van der Waals surface area contributed by atoms with Crippen molar-refractivity contribution in [2.75, 3.05) is 11.1 Å². The van der Waals surface area contributed by atoms with Crippen LogP contribution < -0.4 is 11.1 Å². The Kier molecular flexibility index (Phi) is 3.18. The summed E-state index contributed by atoms with van der Waals surface area (Å²) in [7, 11) is 0. The number of rotatable bonds is 3. The Morgan fingerprint density at radius 2 is 2.00 bits per heavy atom.